The summed E-state index contributed by atoms with van der Waals surface area (Å²) in [6, 6.07) is 5.82. The largest absolute Gasteiger partial charge is 0.453 e. The molecule has 2 aromatic rings. The Labute approximate surface area is 102 Å². The standard InChI is InChI=1S/C13H11BrO2/c1-7-10-6-9(14)4-5-11(10)16-13(7)12(15)8-2-3-8/h4-6,8H,2-3H2,1H3. The number of hydrogen-bond acceptors (Lipinski definition) is 2. The SMILES string of the molecule is Cc1c(C(=O)C2CC2)oc2ccc(Br)cc12. The number of furan rings is 1. The molecule has 1 aliphatic rings. The molecule has 1 heterocycles. The van der Waals surface area contributed by atoms with Crippen molar-refractivity contribution in [1.82, 2.24) is 0 Å². The van der Waals surface area contributed by atoms with Crippen LogP contribution in [0.25, 0.3) is 11.0 Å². The van der Waals surface area contributed by atoms with Crippen LogP contribution >= 0.6 is 15.9 Å². The van der Waals surface area contributed by atoms with Gasteiger partial charge in [-0.2, -0.15) is 0 Å². The number of Topliss-reactive ketones (excluding diaryl/α,β-unsaturated/α-hetero) is 1. The number of carbonyl (C=O) groups is 1. The Morgan fingerprint density at radius 3 is 2.88 bits per heavy atom. The van der Waals surface area contributed by atoms with Gasteiger partial charge in [-0.1, -0.05) is 15.9 Å². The van der Waals surface area contributed by atoms with E-state index in [-0.39, 0.29) is 11.7 Å². The van der Waals surface area contributed by atoms with Gasteiger partial charge in [0.1, 0.15) is 5.58 Å². The predicted molar refractivity (Wildman–Crippen MR) is 65.7 cm³/mol. The second-order valence-corrected chi connectivity index (χ2v) is 5.25. The number of halogens is 1. The first kappa shape index (κ1) is 10.1. The molecule has 0 bridgehead atoms. The Morgan fingerprint density at radius 1 is 1.44 bits per heavy atom. The van der Waals surface area contributed by atoms with Crippen LogP contribution in [0.15, 0.2) is 27.1 Å². The van der Waals surface area contributed by atoms with Crippen LogP contribution in [0.1, 0.15) is 29.0 Å². The van der Waals surface area contributed by atoms with E-state index in [1.807, 2.05) is 25.1 Å². The molecular weight excluding hydrogens is 268 g/mol. The monoisotopic (exact) mass is 278 g/mol. The third-order valence-corrected chi connectivity index (χ3v) is 3.56. The average molecular weight is 279 g/mol. The Bertz CT molecular complexity index is 579. The zero-order chi connectivity index (χ0) is 11.3. The van der Waals surface area contributed by atoms with Crippen molar-refractivity contribution in [3.05, 3.63) is 34.0 Å². The third kappa shape index (κ3) is 1.50. The van der Waals surface area contributed by atoms with Crippen molar-refractivity contribution in [2.45, 2.75) is 19.8 Å². The van der Waals surface area contributed by atoms with Crippen LogP contribution in [0.2, 0.25) is 0 Å². The highest BCUT2D eigenvalue weighted by atomic mass is 79.9. The van der Waals surface area contributed by atoms with Crippen molar-refractivity contribution in [1.29, 1.82) is 0 Å². The van der Waals surface area contributed by atoms with E-state index < -0.39 is 0 Å². The highest BCUT2D eigenvalue weighted by Gasteiger charge is 2.33. The molecule has 0 amide bonds. The quantitative estimate of drug-likeness (QED) is 0.775. The summed E-state index contributed by atoms with van der Waals surface area (Å²) < 4.78 is 6.66. The van der Waals surface area contributed by atoms with E-state index in [1.54, 1.807) is 0 Å². The molecule has 1 aliphatic carbocycles. The highest BCUT2D eigenvalue weighted by Crippen LogP contribution is 2.36. The molecular formula is C13H11BrO2. The van der Waals surface area contributed by atoms with E-state index in [9.17, 15) is 4.79 Å². The van der Waals surface area contributed by atoms with Gasteiger partial charge in [-0.3, -0.25) is 4.79 Å². The normalized spacial score (nSPS) is 15.6. The number of ketones is 1. The molecule has 0 saturated heterocycles. The Kier molecular flexibility index (Phi) is 2.18. The van der Waals surface area contributed by atoms with Gasteiger partial charge in [-0.15, -0.1) is 0 Å². The van der Waals surface area contributed by atoms with Gasteiger partial charge in [-0.05, 0) is 38.0 Å². The van der Waals surface area contributed by atoms with Crippen LogP contribution in [-0.4, -0.2) is 5.78 Å². The molecule has 3 heteroatoms. The summed E-state index contributed by atoms with van der Waals surface area (Å²) in [5.41, 5.74) is 1.76. The number of fused-ring (bicyclic) bond motifs is 1. The molecule has 16 heavy (non-hydrogen) atoms. The fraction of sp³-hybridized carbons (Fsp3) is 0.308. The summed E-state index contributed by atoms with van der Waals surface area (Å²) in [5.74, 6) is 0.933. The average Bonchev–Trinajstić information content (AvgIpc) is 3.05. The van der Waals surface area contributed by atoms with Crippen molar-refractivity contribution >= 4 is 32.7 Å². The Hall–Kier alpha value is -1.09. The maximum Gasteiger partial charge on any atom is 0.201 e. The lowest BCUT2D eigenvalue weighted by molar-refractivity contribution is 0.0941. The first-order valence-corrected chi connectivity index (χ1v) is 6.19. The zero-order valence-electron chi connectivity index (χ0n) is 8.92. The van der Waals surface area contributed by atoms with Gasteiger partial charge in [0.05, 0.1) is 0 Å². The van der Waals surface area contributed by atoms with E-state index >= 15 is 0 Å². The Morgan fingerprint density at radius 2 is 2.19 bits per heavy atom. The van der Waals surface area contributed by atoms with Gasteiger partial charge in [0, 0.05) is 21.3 Å². The predicted octanol–water partition coefficient (Wildman–Crippen LogP) is 4.10. The van der Waals surface area contributed by atoms with Gasteiger partial charge in [0.2, 0.25) is 5.78 Å². The molecule has 82 valence electrons. The number of hydrogen-bond donors (Lipinski definition) is 0. The lowest BCUT2D eigenvalue weighted by atomic mass is 10.1. The van der Waals surface area contributed by atoms with Crippen LogP contribution in [0.5, 0.6) is 0 Å². The summed E-state index contributed by atoms with van der Waals surface area (Å²) >= 11 is 3.43. The van der Waals surface area contributed by atoms with E-state index in [0.717, 1.165) is 33.8 Å². The molecule has 0 radical (unpaired) electrons. The van der Waals surface area contributed by atoms with E-state index in [0.29, 0.717) is 5.76 Å². The third-order valence-electron chi connectivity index (χ3n) is 3.07. The zero-order valence-corrected chi connectivity index (χ0v) is 10.5. The molecule has 1 fully saturated rings. The van der Waals surface area contributed by atoms with Gasteiger partial charge >= 0.3 is 0 Å². The molecule has 1 aromatic carbocycles. The number of carbonyl (C=O) groups excluding carboxylic acids is 1. The van der Waals surface area contributed by atoms with Crippen molar-refractivity contribution in [2.24, 2.45) is 5.92 Å². The van der Waals surface area contributed by atoms with Crippen LogP contribution in [0.3, 0.4) is 0 Å². The van der Waals surface area contributed by atoms with Crippen LogP contribution in [0, 0.1) is 12.8 Å². The number of rotatable bonds is 2. The molecule has 2 nitrogen and oxygen atoms in total. The summed E-state index contributed by atoms with van der Waals surface area (Å²) in [5, 5.41) is 1.03. The maximum absolute atomic E-state index is 12.0. The van der Waals surface area contributed by atoms with Gasteiger partial charge < -0.3 is 4.42 Å². The minimum atomic E-state index is 0.171. The van der Waals surface area contributed by atoms with Crippen molar-refractivity contribution in [3.63, 3.8) is 0 Å². The van der Waals surface area contributed by atoms with Crippen LogP contribution < -0.4 is 0 Å². The maximum atomic E-state index is 12.0. The second-order valence-electron chi connectivity index (χ2n) is 4.34. The van der Waals surface area contributed by atoms with Gasteiger partial charge in [0.15, 0.2) is 5.76 Å². The summed E-state index contributed by atoms with van der Waals surface area (Å²) in [6.07, 6.45) is 2.03. The molecule has 1 aromatic heterocycles. The van der Waals surface area contributed by atoms with Gasteiger partial charge in [-0.25, -0.2) is 0 Å². The number of aryl methyl sites for hydroxylation is 1. The van der Waals surface area contributed by atoms with Crippen molar-refractivity contribution in [2.75, 3.05) is 0 Å². The van der Waals surface area contributed by atoms with Crippen LogP contribution in [0.4, 0.5) is 0 Å². The molecule has 0 spiro atoms. The minimum absolute atomic E-state index is 0.171. The fourth-order valence-corrected chi connectivity index (χ4v) is 2.32. The fourth-order valence-electron chi connectivity index (χ4n) is 1.96. The molecule has 0 unspecified atom stereocenters. The van der Waals surface area contributed by atoms with E-state index in [1.165, 1.54) is 0 Å². The lowest BCUT2D eigenvalue weighted by Crippen LogP contribution is -2.00. The first-order valence-electron chi connectivity index (χ1n) is 5.39. The highest BCUT2D eigenvalue weighted by molar-refractivity contribution is 9.10. The molecule has 0 atom stereocenters. The lowest BCUT2D eigenvalue weighted by Gasteiger charge is -1.93. The topological polar surface area (TPSA) is 30.2 Å². The molecule has 0 N–H and O–H groups in total. The first-order chi connectivity index (χ1) is 7.66. The second kappa shape index (κ2) is 3.45. The summed E-state index contributed by atoms with van der Waals surface area (Å²) in [6.45, 7) is 1.95. The summed E-state index contributed by atoms with van der Waals surface area (Å²) in [7, 11) is 0. The van der Waals surface area contributed by atoms with E-state index in [4.69, 9.17) is 4.42 Å². The molecule has 0 aliphatic heterocycles. The summed E-state index contributed by atoms with van der Waals surface area (Å²) in [4.78, 5) is 12.0. The van der Waals surface area contributed by atoms with Crippen LogP contribution in [-0.2, 0) is 0 Å². The van der Waals surface area contributed by atoms with E-state index in [2.05, 4.69) is 15.9 Å². The van der Waals surface area contributed by atoms with Crippen molar-refractivity contribution in [3.8, 4) is 0 Å². The smallest absolute Gasteiger partial charge is 0.201 e. The minimum Gasteiger partial charge on any atom is -0.453 e. The van der Waals surface area contributed by atoms with Crippen molar-refractivity contribution < 1.29 is 9.21 Å². The Balaban J connectivity index is 2.18. The number of benzene rings is 1. The molecule has 1 saturated carbocycles. The molecule has 3 rings (SSSR count). The van der Waals surface area contributed by atoms with Gasteiger partial charge in [0.25, 0.3) is 0 Å².